The summed E-state index contributed by atoms with van der Waals surface area (Å²) in [6.45, 7) is 0. The molecular weight excluding hydrogens is 338 g/mol. The summed E-state index contributed by atoms with van der Waals surface area (Å²) in [4.78, 5) is 17.6. The molecule has 4 aromatic rings. The molecule has 3 heterocycles. The van der Waals surface area contributed by atoms with Crippen LogP contribution in [0.2, 0.25) is 0 Å². The Balaban J connectivity index is 1.54. The molecule has 7 heteroatoms. The van der Waals surface area contributed by atoms with Gasteiger partial charge < -0.3 is 14.3 Å². The van der Waals surface area contributed by atoms with Gasteiger partial charge in [0.25, 0.3) is 5.91 Å². The van der Waals surface area contributed by atoms with E-state index in [1.54, 1.807) is 17.4 Å². The number of hydrogen-bond donors (Lipinski definition) is 1. The highest BCUT2D eigenvalue weighted by Crippen LogP contribution is 2.24. The molecule has 1 aromatic carbocycles. The molecule has 1 amide bonds. The molecule has 6 nitrogen and oxygen atoms in total. The van der Waals surface area contributed by atoms with Crippen molar-refractivity contribution >= 4 is 22.9 Å². The van der Waals surface area contributed by atoms with E-state index in [9.17, 15) is 4.79 Å². The molecule has 0 aliphatic rings. The van der Waals surface area contributed by atoms with Crippen LogP contribution in [0.15, 0.2) is 69.3 Å². The molecule has 0 aliphatic carbocycles. The zero-order chi connectivity index (χ0) is 17.1. The molecular formula is C18H13N3O3S. The first-order valence-electron chi connectivity index (χ1n) is 7.57. The molecule has 1 N–H and O–H groups in total. The number of nitrogens with zero attached hydrogens (tertiary/aromatic N) is 2. The number of rotatable bonds is 5. The van der Waals surface area contributed by atoms with E-state index < -0.39 is 0 Å². The first kappa shape index (κ1) is 15.3. The van der Waals surface area contributed by atoms with E-state index in [1.165, 1.54) is 12.5 Å². The van der Waals surface area contributed by atoms with Gasteiger partial charge in [0, 0.05) is 5.69 Å². The zero-order valence-electron chi connectivity index (χ0n) is 13.0. The maximum Gasteiger partial charge on any atom is 0.258 e. The Labute approximate surface area is 147 Å². The van der Waals surface area contributed by atoms with Crippen LogP contribution in [0.4, 0.5) is 5.69 Å². The number of anilines is 1. The van der Waals surface area contributed by atoms with Gasteiger partial charge in [-0.05, 0) is 29.1 Å². The monoisotopic (exact) mass is 351 g/mol. The van der Waals surface area contributed by atoms with Crippen LogP contribution in [0, 0.1) is 0 Å². The molecule has 0 aliphatic heterocycles. The highest BCUT2D eigenvalue weighted by Gasteiger charge is 2.14. The number of hydrogen-bond acceptors (Lipinski definition) is 6. The predicted molar refractivity (Wildman–Crippen MR) is 93.5 cm³/mol. The van der Waals surface area contributed by atoms with Gasteiger partial charge in [-0.15, -0.1) is 11.3 Å². The van der Waals surface area contributed by atoms with Gasteiger partial charge in [0.2, 0.25) is 11.7 Å². The quantitative estimate of drug-likeness (QED) is 0.582. The van der Waals surface area contributed by atoms with Crippen LogP contribution in [0.1, 0.15) is 21.8 Å². The van der Waals surface area contributed by atoms with Gasteiger partial charge >= 0.3 is 0 Å². The minimum absolute atomic E-state index is 0.231. The Morgan fingerprint density at radius 3 is 2.88 bits per heavy atom. The van der Waals surface area contributed by atoms with Gasteiger partial charge in [-0.25, -0.2) is 0 Å². The second-order valence-electron chi connectivity index (χ2n) is 5.29. The summed E-state index contributed by atoms with van der Waals surface area (Å²) in [5.74, 6) is 0.837. The number of amides is 1. The van der Waals surface area contributed by atoms with E-state index in [-0.39, 0.29) is 5.91 Å². The number of carbonyl (C=O) groups excluding carboxylic acids is 1. The van der Waals surface area contributed by atoms with Crippen molar-refractivity contribution in [2.75, 3.05) is 5.32 Å². The molecule has 0 bridgehead atoms. The average molecular weight is 351 g/mol. The Bertz CT molecular complexity index is 975. The lowest BCUT2D eigenvalue weighted by molar-refractivity contribution is 0.102. The fraction of sp³-hybridized carbons (Fsp3) is 0.0556. The van der Waals surface area contributed by atoms with Gasteiger partial charge in [0.1, 0.15) is 6.26 Å². The molecule has 0 fully saturated rings. The van der Waals surface area contributed by atoms with Crippen molar-refractivity contribution in [1.82, 2.24) is 10.1 Å². The second-order valence-corrected chi connectivity index (χ2v) is 6.24. The zero-order valence-corrected chi connectivity index (χ0v) is 13.8. The van der Waals surface area contributed by atoms with E-state index in [2.05, 4.69) is 15.5 Å². The third kappa shape index (κ3) is 3.36. The van der Waals surface area contributed by atoms with E-state index in [1.807, 2.05) is 41.8 Å². The number of benzene rings is 1. The lowest BCUT2D eigenvalue weighted by Gasteiger charge is -2.08. The molecule has 0 spiro atoms. The lowest BCUT2D eigenvalue weighted by atomic mass is 10.1. The first-order valence-corrected chi connectivity index (χ1v) is 8.45. The molecule has 25 heavy (non-hydrogen) atoms. The number of nitrogens with one attached hydrogen (secondary N) is 1. The smallest absolute Gasteiger partial charge is 0.258 e. The standard InChI is InChI=1S/C18H13N3O3S/c22-18(13-7-8-23-11-13)19-14-5-2-1-4-12(14)10-16-20-17(21-24-16)15-6-3-9-25-15/h1-9,11H,10H2,(H,19,22). The van der Waals surface area contributed by atoms with Crippen molar-refractivity contribution in [3.63, 3.8) is 0 Å². The summed E-state index contributed by atoms with van der Waals surface area (Å²) in [7, 11) is 0. The molecule has 4 rings (SSSR count). The lowest BCUT2D eigenvalue weighted by Crippen LogP contribution is -2.12. The SMILES string of the molecule is O=C(Nc1ccccc1Cc1nc(-c2cccs2)no1)c1ccoc1. The Morgan fingerprint density at radius 1 is 1.16 bits per heavy atom. The molecule has 0 saturated heterocycles. The minimum atomic E-state index is -0.231. The van der Waals surface area contributed by atoms with Crippen molar-refractivity contribution in [2.24, 2.45) is 0 Å². The summed E-state index contributed by atoms with van der Waals surface area (Å²) in [5, 5.41) is 8.86. The molecule has 3 aromatic heterocycles. The fourth-order valence-electron chi connectivity index (χ4n) is 2.38. The van der Waals surface area contributed by atoms with Crippen molar-refractivity contribution in [3.05, 3.63) is 77.4 Å². The van der Waals surface area contributed by atoms with Crippen LogP contribution in [-0.2, 0) is 6.42 Å². The number of para-hydroxylation sites is 1. The summed E-state index contributed by atoms with van der Waals surface area (Å²) < 4.78 is 10.3. The van der Waals surface area contributed by atoms with Crippen LogP contribution in [0.5, 0.6) is 0 Å². The van der Waals surface area contributed by atoms with Crippen LogP contribution in [0.25, 0.3) is 10.7 Å². The number of aromatic nitrogens is 2. The first-order chi connectivity index (χ1) is 12.3. The van der Waals surface area contributed by atoms with Crippen LogP contribution >= 0.6 is 11.3 Å². The molecule has 0 unspecified atom stereocenters. The van der Waals surface area contributed by atoms with Gasteiger partial charge in [-0.1, -0.05) is 29.4 Å². The van der Waals surface area contributed by atoms with Crippen LogP contribution < -0.4 is 5.32 Å². The second kappa shape index (κ2) is 6.74. The van der Waals surface area contributed by atoms with E-state index in [0.717, 1.165) is 10.4 Å². The molecule has 0 radical (unpaired) electrons. The van der Waals surface area contributed by atoms with Gasteiger partial charge in [-0.2, -0.15) is 4.98 Å². The Hall–Kier alpha value is -3.19. The summed E-state index contributed by atoms with van der Waals surface area (Å²) in [6.07, 6.45) is 3.30. The highest BCUT2D eigenvalue weighted by molar-refractivity contribution is 7.13. The van der Waals surface area contributed by atoms with Crippen molar-refractivity contribution in [1.29, 1.82) is 0 Å². The number of carbonyl (C=O) groups is 1. The molecule has 124 valence electrons. The maximum absolute atomic E-state index is 12.2. The predicted octanol–water partition coefficient (Wildman–Crippen LogP) is 4.23. The third-order valence-electron chi connectivity index (χ3n) is 3.60. The summed E-state index contributed by atoms with van der Waals surface area (Å²) in [6, 6.07) is 13.0. The largest absolute Gasteiger partial charge is 0.472 e. The number of thiophene rings is 1. The van der Waals surface area contributed by atoms with E-state index >= 15 is 0 Å². The highest BCUT2D eigenvalue weighted by atomic mass is 32.1. The fourth-order valence-corrected chi connectivity index (χ4v) is 3.03. The number of furan rings is 1. The summed E-state index contributed by atoms with van der Waals surface area (Å²) >= 11 is 1.55. The van der Waals surface area contributed by atoms with Crippen LogP contribution in [0.3, 0.4) is 0 Å². The average Bonchev–Trinajstić information content (AvgIpc) is 3.38. The van der Waals surface area contributed by atoms with Gasteiger partial charge in [-0.3, -0.25) is 4.79 Å². The van der Waals surface area contributed by atoms with Crippen molar-refractivity contribution in [3.8, 4) is 10.7 Å². The van der Waals surface area contributed by atoms with E-state index in [0.29, 0.717) is 29.4 Å². The minimum Gasteiger partial charge on any atom is -0.472 e. The normalized spacial score (nSPS) is 10.7. The topological polar surface area (TPSA) is 81.2 Å². The molecule has 0 atom stereocenters. The third-order valence-corrected chi connectivity index (χ3v) is 4.47. The Morgan fingerprint density at radius 2 is 2.08 bits per heavy atom. The maximum atomic E-state index is 12.2. The van der Waals surface area contributed by atoms with Crippen molar-refractivity contribution in [2.45, 2.75) is 6.42 Å². The van der Waals surface area contributed by atoms with Crippen molar-refractivity contribution < 1.29 is 13.7 Å². The Kier molecular flexibility index (Phi) is 4.14. The van der Waals surface area contributed by atoms with Gasteiger partial charge in [0.05, 0.1) is 23.1 Å². The van der Waals surface area contributed by atoms with Gasteiger partial charge in [0.15, 0.2) is 0 Å². The van der Waals surface area contributed by atoms with E-state index in [4.69, 9.17) is 8.94 Å². The molecule has 0 saturated carbocycles. The summed E-state index contributed by atoms with van der Waals surface area (Å²) in [5.41, 5.74) is 2.05. The van der Waals surface area contributed by atoms with Crippen LogP contribution in [-0.4, -0.2) is 16.0 Å².